The lowest BCUT2D eigenvalue weighted by Crippen LogP contribution is -2.40. The summed E-state index contributed by atoms with van der Waals surface area (Å²) in [5, 5.41) is 6.75. The van der Waals surface area contributed by atoms with Crippen molar-refractivity contribution in [2.45, 2.75) is 25.6 Å². The van der Waals surface area contributed by atoms with Crippen LogP contribution in [-0.2, 0) is 17.5 Å². The number of carbonyl (C=O) groups is 1. The van der Waals surface area contributed by atoms with Crippen LogP contribution in [0.2, 0.25) is 0 Å². The van der Waals surface area contributed by atoms with E-state index in [1.165, 1.54) is 12.1 Å². The van der Waals surface area contributed by atoms with Crippen LogP contribution in [0.1, 0.15) is 24.3 Å². The molecule has 1 saturated heterocycles. The Bertz CT molecular complexity index is 1090. The molecule has 0 radical (unpaired) electrons. The van der Waals surface area contributed by atoms with Crippen LogP contribution >= 0.6 is 15.9 Å². The number of halogens is 4. The average Bonchev–Trinajstić information content (AvgIpc) is 3.22. The quantitative estimate of drug-likeness (QED) is 0.501. The van der Waals surface area contributed by atoms with Crippen molar-refractivity contribution in [3.63, 3.8) is 0 Å². The standard InChI is InChI=1S/C22H20BrF3N4O2/c23-17-5-1-3-14(11-17)20-28-19(32-29-20)13-30-10-2-4-15(12-30)21(31)27-18-8-6-16(7-9-18)22(24,25)26/h1,3,5-9,11,15H,2,4,10,12-13H2,(H,27,31). The number of anilines is 1. The molecule has 1 N–H and O–H groups in total. The number of aromatic nitrogens is 2. The lowest BCUT2D eigenvalue weighted by Gasteiger charge is -2.30. The van der Waals surface area contributed by atoms with Crippen LogP contribution in [0.4, 0.5) is 18.9 Å². The van der Waals surface area contributed by atoms with Gasteiger partial charge in [-0.25, -0.2) is 0 Å². The first-order valence-electron chi connectivity index (χ1n) is 10.1. The highest BCUT2D eigenvalue weighted by Crippen LogP contribution is 2.30. The van der Waals surface area contributed by atoms with E-state index < -0.39 is 11.7 Å². The summed E-state index contributed by atoms with van der Waals surface area (Å²) >= 11 is 3.42. The van der Waals surface area contributed by atoms with E-state index in [2.05, 4.69) is 36.3 Å². The molecule has 10 heteroatoms. The second kappa shape index (κ2) is 9.41. The molecule has 4 rings (SSSR count). The van der Waals surface area contributed by atoms with Gasteiger partial charge in [-0.1, -0.05) is 33.2 Å². The first-order valence-corrected chi connectivity index (χ1v) is 10.9. The van der Waals surface area contributed by atoms with Crippen molar-refractivity contribution >= 4 is 27.5 Å². The number of likely N-dealkylation sites (tertiary alicyclic amines) is 1. The van der Waals surface area contributed by atoms with Gasteiger partial charge in [0.2, 0.25) is 17.6 Å². The molecule has 6 nitrogen and oxygen atoms in total. The predicted molar refractivity (Wildman–Crippen MR) is 116 cm³/mol. The summed E-state index contributed by atoms with van der Waals surface area (Å²) in [6.07, 6.45) is -2.88. The Morgan fingerprint density at radius 1 is 1.22 bits per heavy atom. The van der Waals surface area contributed by atoms with Gasteiger partial charge in [-0.05, 0) is 55.8 Å². The lowest BCUT2D eigenvalue weighted by atomic mass is 9.97. The maximum atomic E-state index is 12.7. The molecule has 0 saturated carbocycles. The fourth-order valence-corrected chi connectivity index (χ4v) is 4.05. The zero-order valence-electron chi connectivity index (χ0n) is 16.9. The molecule has 0 spiro atoms. The van der Waals surface area contributed by atoms with Gasteiger partial charge in [0.15, 0.2) is 0 Å². The first kappa shape index (κ1) is 22.5. The third-order valence-corrected chi connectivity index (χ3v) is 5.76. The summed E-state index contributed by atoms with van der Waals surface area (Å²) < 4.78 is 44.4. The number of nitrogens with zero attached hydrogens (tertiary/aromatic N) is 3. The molecule has 0 aliphatic carbocycles. The van der Waals surface area contributed by atoms with Crippen molar-refractivity contribution in [3.8, 4) is 11.4 Å². The largest absolute Gasteiger partial charge is 0.416 e. The van der Waals surface area contributed by atoms with Gasteiger partial charge in [0, 0.05) is 22.3 Å². The van der Waals surface area contributed by atoms with Crippen molar-refractivity contribution in [2.75, 3.05) is 18.4 Å². The SMILES string of the molecule is O=C(Nc1ccc(C(F)(F)F)cc1)C1CCCN(Cc2nc(-c3cccc(Br)c3)no2)C1. The van der Waals surface area contributed by atoms with Crippen molar-refractivity contribution in [2.24, 2.45) is 5.92 Å². The predicted octanol–water partition coefficient (Wildman–Crippen LogP) is 5.37. The third kappa shape index (κ3) is 5.55. The monoisotopic (exact) mass is 508 g/mol. The molecule has 32 heavy (non-hydrogen) atoms. The molecule has 168 valence electrons. The highest BCUT2D eigenvalue weighted by molar-refractivity contribution is 9.10. The summed E-state index contributed by atoms with van der Waals surface area (Å²) in [4.78, 5) is 19.2. The third-order valence-electron chi connectivity index (χ3n) is 5.27. The Kier molecular flexibility index (Phi) is 6.61. The first-order chi connectivity index (χ1) is 15.3. The Morgan fingerprint density at radius 3 is 2.72 bits per heavy atom. The van der Waals surface area contributed by atoms with E-state index in [1.54, 1.807) is 0 Å². The second-order valence-electron chi connectivity index (χ2n) is 7.66. The maximum Gasteiger partial charge on any atom is 0.416 e. The number of benzene rings is 2. The summed E-state index contributed by atoms with van der Waals surface area (Å²) in [5.74, 6) is 0.465. The Labute approximate surface area is 190 Å². The number of hydrogen-bond donors (Lipinski definition) is 1. The molecule has 2 heterocycles. The number of nitrogens with one attached hydrogen (secondary N) is 1. The van der Waals surface area contributed by atoms with Gasteiger partial charge in [-0.3, -0.25) is 9.69 Å². The molecule has 1 fully saturated rings. The van der Waals surface area contributed by atoms with E-state index in [4.69, 9.17) is 4.52 Å². The van der Waals surface area contributed by atoms with E-state index >= 15 is 0 Å². The Hall–Kier alpha value is -2.72. The Balaban J connectivity index is 1.35. The Morgan fingerprint density at radius 2 is 2.00 bits per heavy atom. The van der Waals surface area contributed by atoms with Crippen LogP contribution in [0.5, 0.6) is 0 Å². The van der Waals surface area contributed by atoms with Crippen LogP contribution in [0.3, 0.4) is 0 Å². The van der Waals surface area contributed by atoms with Gasteiger partial charge >= 0.3 is 6.18 Å². The highest BCUT2D eigenvalue weighted by Gasteiger charge is 2.30. The zero-order chi connectivity index (χ0) is 22.7. The zero-order valence-corrected chi connectivity index (χ0v) is 18.5. The number of piperidine rings is 1. The summed E-state index contributed by atoms with van der Waals surface area (Å²) in [6.45, 7) is 1.71. The van der Waals surface area contributed by atoms with Crippen LogP contribution in [0, 0.1) is 5.92 Å². The minimum absolute atomic E-state index is 0.213. The number of carbonyl (C=O) groups excluding carboxylic acids is 1. The van der Waals surface area contributed by atoms with E-state index in [1.807, 2.05) is 24.3 Å². The van der Waals surface area contributed by atoms with Gasteiger partial charge < -0.3 is 9.84 Å². The van der Waals surface area contributed by atoms with Crippen LogP contribution < -0.4 is 5.32 Å². The summed E-state index contributed by atoms with van der Waals surface area (Å²) in [6, 6.07) is 12.0. The summed E-state index contributed by atoms with van der Waals surface area (Å²) in [7, 11) is 0. The smallest absolute Gasteiger partial charge is 0.338 e. The van der Waals surface area contributed by atoms with Crippen LogP contribution in [0.15, 0.2) is 57.5 Å². The summed E-state index contributed by atoms with van der Waals surface area (Å²) in [5.41, 5.74) is 0.429. The molecule has 2 aromatic carbocycles. The number of alkyl halides is 3. The molecular weight excluding hydrogens is 489 g/mol. The van der Waals surface area contributed by atoms with Gasteiger partial charge in [0.1, 0.15) is 0 Å². The van der Waals surface area contributed by atoms with Gasteiger partial charge in [-0.2, -0.15) is 18.2 Å². The molecule has 1 aromatic heterocycles. The van der Waals surface area contributed by atoms with Gasteiger partial charge in [0.25, 0.3) is 0 Å². The van der Waals surface area contributed by atoms with Crippen molar-refractivity contribution in [1.82, 2.24) is 15.0 Å². The molecule has 3 aromatic rings. The molecule has 1 aliphatic heterocycles. The van der Waals surface area contributed by atoms with Crippen molar-refractivity contribution in [1.29, 1.82) is 0 Å². The van der Waals surface area contributed by atoms with E-state index in [9.17, 15) is 18.0 Å². The fourth-order valence-electron chi connectivity index (χ4n) is 3.66. The molecule has 1 amide bonds. The van der Waals surface area contributed by atoms with E-state index in [-0.39, 0.29) is 11.8 Å². The van der Waals surface area contributed by atoms with Crippen LogP contribution in [-0.4, -0.2) is 34.0 Å². The fraction of sp³-hybridized carbons (Fsp3) is 0.318. The number of rotatable bonds is 5. The second-order valence-corrected chi connectivity index (χ2v) is 8.58. The van der Waals surface area contributed by atoms with Crippen molar-refractivity contribution in [3.05, 3.63) is 64.5 Å². The topological polar surface area (TPSA) is 71.3 Å². The minimum Gasteiger partial charge on any atom is -0.338 e. The van der Waals surface area contributed by atoms with E-state index in [0.29, 0.717) is 36.9 Å². The van der Waals surface area contributed by atoms with Gasteiger partial charge in [-0.15, -0.1) is 0 Å². The molecule has 0 bridgehead atoms. The maximum absolute atomic E-state index is 12.7. The lowest BCUT2D eigenvalue weighted by molar-refractivity contribution is -0.137. The normalized spacial score (nSPS) is 17.3. The van der Waals surface area contributed by atoms with Crippen molar-refractivity contribution < 1.29 is 22.5 Å². The van der Waals surface area contributed by atoms with Gasteiger partial charge in [0.05, 0.1) is 18.0 Å². The molecule has 1 aliphatic rings. The number of hydrogen-bond acceptors (Lipinski definition) is 5. The minimum atomic E-state index is -4.40. The molecular formula is C22H20BrF3N4O2. The van der Waals surface area contributed by atoms with Crippen LogP contribution in [0.25, 0.3) is 11.4 Å². The molecule has 1 unspecified atom stereocenters. The van der Waals surface area contributed by atoms with E-state index in [0.717, 1.165) is 35.1 Å². The average molecular weight is 509 g/mol. The number of amides is 1. The highest BCUT2D eigenvalue weighted by atomic mass is 79.9. The molecule has 1 atom stereocenters.